The van der Waals surface area contributed by atoms with E-state index in [2.05, 4.69) is 24.3 Å². The fourth-order valence-corrected chi connectivity index (χ4v) is 3.27. The fraction of sp³-hybridized carbons (Fsp3) is 0.368. The number of carbonyl (C=O) groups excluding carboxylic acids is 2. The smallest absolute Gasteiger partial charge is 0.291 e. The molecular weight excluding hydrogens is 304 g/mol. The lowest BCUT2D eigenvalue weighted by Crippen LogP contribution is -2.26. The third-order valence-corrected chi connectivity index (χ3v) is 4.37. The van der Waals surface area contributed by atoms with Gasteiger partial charge in [0, 0.05) is 17.7 Å². The largest absolute Gasteiger partial charge is 0.353 e. The molecule has 5 nitrogen and oxygen atoms in total. The van der Waals surface area contributed by atoms with Crippen LogP contribution in [0, 0.1) is 12.3 Å². The maximum Gasteiger partial charge on any atom is 0.291 e. The number of hydrogen-bond donors (Lipinski definition) is 2. The Morgan fingerprint density at radius 2 is 1.96 bits per heavy atom. The van der Waals surface area contributed by atoms with E-state index in [1.54, 1.807) is 6.92 Å². The second kappa shape index (κ2) is 6.24. The number of carbonyl (C=O) groups is 2. The van der Waals surface area contributed by atoms with Gasteiger partial charge in [-0.1, -0.05) is 44.2 Å². The van der Waals surface area contributed by atoms with Crippen LogP contribution in [0.1, 0.15) is 57.9 Å². The summed E-state index contributed by atoms with van der Waals surface area (Å²) in [5.41, 5.74) is 5.96. The molecule has 1 aromatic heterocycles. The van der Waals surface area contributed by atoms with Gasteiger partial charge < -0.3 is 4.98 Å². The zero-order valence-corrected chi connectivity index (χ0v) is 14.2. The normalized spacial score (nSPS) is 15.9. The first-order chi connectivity index (χ1) is 11.4. The molecule has 0 saturated heterocycles. The molecule has 0 spiro atoms. The summed E-state index contributed by atoms with van der Waals surface area (Å²) in [7, 11) is 0. The molecule has 3 rings (SSSR count). The van der Waals surface area contributed by atoms with Crippen molar-refractivity contribution in [3.8, 4) is 0 Å². The molecule has 2 N–H and O–H groups in total. The Hall–Kier alpha value is -2.40. The average molecular weight is 326 g/mol. The molecule has 0 fully saturated rings. The highest BCUT2D eigenvalue weighted by molar-refractivity contribution is 6.04. The van der Waals surface area contributed by atoms with Gasteiger partial charge in [-0.2, -0.15) is 0 Å². The van der Waals surface area contributed by atoms with E-state index in [4.69, 9.17) is 4.84 Å². The molecule has 1 heterocycles. The van der Waals surface area contributed by atoms with Crippen molar-refractivity contribution in [3.05, 3.63) is 58.4 Å². The highest BCUT2D eigenvalue weighted by Crippen LogP contribution is 2.36. The van der Waals surface area contributed by atoms with Crippen LogP contribution in [-0.2, 0) is 17.9 Å². The first kappa shape index (κ1) is 16.5. The SMILES string of the molecule is Cc1c(C(=O)NOCc2ccccc2)[nH]c2c1C(=O)CC(C)(C)C2. The van der Waals surface area contributed by atoms with Gasteiger partial charge in [-0.05, 0) is 29.9 Å². The first-order valence-corrected chi connectivity index (χ1v) is 8.08. The number of rotatable bonds is 4. The lowest BCUT2D eigenvalue weighted by Gasteiger charge is -2.28. The van der Waals surface area contributed by atoms with Gasteiger partial charge in [-0.25, -0.2) is 5.48 Å². The summed E-state index contributed by atoms with van der Waals surface area (Å²) < 4.78 is 0. The maximum atomic E-state index is 12.4. The second-order valence-electron chi connectivity index (χ2n) is 7.12. The number of amides is 1. The van der Waals surface area contributed by atoms with Crippen LogP contribution in [0.4, 0.5) is 0 Å². The van der Waals surface area contributed by atoms with E-state index in [1.165, 1.54) is 0 Å². The number of aromatic amines is 1. The Kier molecular flexibility index (Phi) is 4.28. The van der Waals surface area contributed by atoms with Gasteiger partial charge in [-0.3, -0.25) is 14.4 Å². The van der Waals surface area contributed by atoms with Crippen molar-refractivity contribution in [1.82, 2.24) is 10.5 Å². The zero-order chi connectivity index (χ0) is 17.3. The molecule has 0 saturated carbocycles. The summed E-state index contributed by atoms with van der Waals surface area (Å²) >= 11 is 0. The van der Waals surface area contributed by atoms with Crippen molar-refractivity contribution in [3.63, 3.8) is 0 Å². The van der Waals surface area contributed by atoms with E-state index in [-0.39, 0.29) is 23.7 Å². The van der Waals surface area contributed by atoms with E-state index in [0.29, 0.717) is 23.2 Å². The molecule has 126 valence electrons. The number of hydroxylamine groups is 1. The molecule has 0 radical (unpaired) electrons. The van der Waals surface area contributed by atoms with Crippen molar-refractivity contribution in [2.24, 2.45) is 5.41 Å². The van der Waals surface area contributed by atoms with E-state index < -0.39 is 0 Å². The summed E-state index contributed by atoms with van der Waals surface area (Å²) in [6.07, 6.45) is 1.26. The highest BCUT2D eigenvalue weighted by Gasteiger charge is 2.35. The van der Waals surface area contributed by atoms with Gasteiger partial charge in [0.05, 0.1) is 6.61 Å². The maximum absolute atomic E-state index is 12.4. The molecule has 1 aliphatic rings. The number of benzene rings is 1. The van der Waals surface area contributed by atoms with Crippen LogP contribution >= 0.6 is 0 Å². The third kappa shape index (κ3) is 3.26. The zero-order valence-electron chi connectivity index (χ0n) is 14.2. The number of aromatic nitrogens is 1. The van der Waals surface area contributed by atoms with E-state index in [1.807, 2.05) is 30.3 Å². The molecule has 0 unspecified atom stereocenters. The molecule has 5 heteroatoms. The minimum absolute atomic E-state index is 0.0844. The molecule has 1 aliphatic carbocycles. The second-order valence-corrected chi connectivity index (χ2v) is 7.12. The van der Waals surface area contributed by atoms with Crippen LogP contribution < -0.4 is 5.48 Å². The molecule has 0 atom stereocenters. The van der Waals surface area contributed by atoms with Crippen molar-refractivity contribution in [2.75, 3.05) is 0 Å². The molecule has 24 heavy (non-hydrogen) atoms. The third-order valence-electron chi connectivity index (χ3n) is 4.37. The Balaban J connectivity index is 1.71. The van der Waals surface area contributed by atoms with Crippen LogP contribution in [0.2, 0.25) is 0 Å². The van der Waals surface area contributed by atoms with Crippen LogP contribution in [0.3, 0.4) is 0 Å². The highest BCUT2D eigenvalue weighted by atomic mass is 16.6. The van der Waals surface area contributed by atoms with Crippen molar-refractivity contribution >= 4 is 11.7 Å². The van der Waals surface area contributed by atoms with Gasteiger partial charge in [0.2, 0.25) is 0 Å². The summed E-state index contributed by atoms with van der Waals surface area (Å²) in [4.78, 5) is 33.1. The summed E-state index contributed by atoms with van der Waals surface area (Å²) in [5.74, 6) is -0.261. The van der Waals surface area contributed by atoms with Gasteiger partial charge in [0.15, 0.2) is 5.78 Å². The number of hydrogen-bond acceptors (Lipinski definition) is 3. The van der Waals surface area contributed by atoms with Crippen molar-refractivity contribution < 1.29 is 14.4 Å². The summed E-state index contributed by atoms with van der Waals surface area (Å²) in [5, 5.41) is 0. The predicted molar refractivity (Wildman–Crippen MR) is 90.7 cm³/mol. The number of Topliss-reactive ketones (excluding diaryl/α,β-unsaturated/α-hetero) is 1. The Bertz CT molecular complexity index is 775. The van der Waals surface area contributed by atoms with Crippen LogP contribution in [-0.4, -0.2) is 16.7 Å². The minimum Gasteiger partial charge on any atom is -0.353 e. The lowest BCUT2D eigenvalue weighted by molar-refractivity contribution is 0.0229. The van der Waals surface area contributed by atoms with Crippen molar-refractivity contribution in [2.45, 2.75) is 40.2 Å². The van der Waals surface area contributed by atoms with Crippen LogP contribution in [0.25, 0.3) is 0 Å². The van der Waals surface area contributed by atoms with Crippen LogP contribution in [0.5, 0.6) is 0 Å². The monoisotopic (exact) mass is 326 g/mol. The van der Waals surface area contributed by atoms with E-state index >= 15 is 0 Å². The molecule has 2 aromatic rings. The number of nitrogens with one attached hydrogen (secondary N) is 2. The number of fused-ring (bicyclic) bond motifs is 1. The topological polar surface area (TPSA) is 71.2 Å². The van der Waals surface area contributed by atoms with Gasteiger partial charge in [0.1, 0.15) is 5.69 Å². The quantitative estimate of drug-likeness (QED) is 0.847. The minimum atomic E-state index is -0.358. The van der Waals surface area contributed by atoms with Gasteiger partial charge >= 0.3 is 0 Å². The standard InChI is InChI=1S/C19H22N2O3/c1-12-16-14(9-19(2,3)10-15(16)22)20-17(12)18(23)21-24-11-13-7-5-4-6-8-13/h4-8,20H,9-11H2,1-3H3,(H,21,23). The fourth-order valence-electron chi connectivity index (χ4n) is 3.27. The average Bonchev–Trinajstić information content (AvgIpc) is 2.83. The van der Waals surface area contributed by atoms with E-state index in [0.717, 1.165) is 17.7 Å². The molecule has 0 aliphatic heterocycles. The molecule has 0 bridgehead atoms. The van der Waals surface area contributed by atoms with Gasteiger partial charge in [-0.15, -0.1) is 0 Å². The molecule has 1 amide bonds. The van der Waals surface area contributed by atoms with Crippen LogP contribution in [0.15, 0.2) is 30.3 Å². The molecule has 1 aromatic carbocycles. The van der Waals surface area contributed by atoms with Gasteiger partial charge in [0.25, 0.3) is 5.91 Å². The first-order valence-electron chi connectivity index (χ1n) is 8.08. The van der Waals surface area contributed by atoms with E-state index in [9.17, 15) is 9.59 Å². The summed E-state index contributed by atoms with van der Waals surface area (Å²) in [6, 6.07) is 9.60. The Labute approximate surface area is 141 Å². The van der Waals surface area contributed by atoms with Crippen molar-refractivity contribution in [1.29, 1.82) is 0 Å². The lowest BCUT2D eigenvalue weighted by atomic mass is 9.75. The number of H-pyrrole nitrogens is 1. The number of ketones is 1. The summed E-state index contributed by atoms with van der Waals surface area (Å²) in [6.45, 7) is 6.22. The molecular formula is C19H22N2O3. The predicted octanol–water partition coefficient (Wildman–Crippen LogP) is 3.34. The Morgan fingerprint density at radius 3 is 2.67 bits per heavy atom. The Morgan fingerprint density at radius 1 is 1.25 bits per heavy atom.